The second kappa shape index (κ2) is 10.6. The summed E-state index contributed by atoms with van der Waals surface area (Å²) in [5.74, 6) is 1.01. The van der Waals surface area contributed by atoms with Crippen molar-refractivity contribution in [2.45, 2.75) is 64.6 Å². The summed E-state index contributed by atoms with van der Waals surface area (Å²) in [6, 6.07) is 2.31. The maximum absolute atomic E-state index is 12.9. The molecule has 0 saturated carbocycles. The molecule has 1 aliphatic rings. The molecule has 182 valence electrons. The number of carbonyl (C=O) groups is 2. The van der Waals surface area contributed by atoms with Crippen molar-refractivity contribution in [1.29, 1.82) is 0 Å². The molecule has 1 N–H and O–H groups in total. The number of hydrogen-bond acceptors (Lipinski definition) is 8. The number of esters is 1. The van der Waals surface area contributed by atoms with Crippen LogP contribution in [0.3, 0.4) is 0 Å². The number of aryl methyl sites for hydroxylation is 1. The van der Waals surface area contributed by atoms with E-state index >= 15 is 0 Å². The van der Waals surface area contributed by atoms with Gasteiger partial charge in [0.2, 0.25) is 5.91 Å². The van der Waals surface area contributed by atoms with E-state index in [1.54, 1.807) is 11.3 Å². The molecule has 0 aliphatic heterocycles. The number of fused-ring (bicyclic) bond motifs is 1. The smallest absolute Gasteiger partial charge is 0.341 e. The van der Waals surface area contributed by atoms with E-state index in [0.717, 1.165) is 42.6 Å². The van der Waals surface area contributed by atoms with Gasteiger partial charge in [0.1, 0.15) is 5.00 Å². The van der Waals surface area contributed by atoms with Crippen molar-refractivity contribution in [3.05, 3.63) is 32.3 Å². The van der Waals surface area contributed by atoms with Crippen LogP contribution in [0.1, 0.15) is 65.8 Å². The Morgan fingerprint density at radius 2 is 2.15 bits per heavy atom. The van der Waals surface area contributed by atoms with Crippen molar-refractivity contribution < 1.29 is 14.3 Å². The molecule has 1 unspecified atom stereocenters. The second-order valence-electron chi connectivity index (χ2n) is 8.81. The fourth-order valence-corrected chi connectivity index (χ4v) is 7.27. The molecule has 0 bridgehead atoms. The zero-order valence-corrected chi connectivity index (χ0v) is 22.6. The number of hydrogen-bond donors (Lipinski definition) is 1. The minimum atomic E-state index is -0.388. The number of ether oxygens (including phenoxy) is 1. The SMILES string of the molecule is CCc1cc(-c2nnc(SCC(=O)Nc3sc4c(c3C(=O)OC)CCC(C)C4)n2C(C)C)cs1. The molecule has 0 spiro atoms. The van der Waals surface area contributed by atoms with Gasteiger partial charge >= 0.3 is 5.97 Å². The van der Waals surface area contributed by atoms with Gasteiger partial charge in [0, 0.05) is 26.7 Å². The van der Waals surface area contributed by atoms with Gasteiger partial charge in [-0.2, -0.15) is 0 Å². The molecule has 0 fully saturated rings. The first-order chi connectivity index (χ1) is 16.3. The first kappa shape index (κ1) is 24.9. The molecule has 34 heavy (non-hydrogen) atoms. The van der Waals surface area contributed by atoms with Gasteiger partial charge in [-0.3, -0.25) is 9.36 Å². The summed E-state index contributed by atoms with van der Waals surface area (Å²) in [6.07, 6.45) is 3.79. The van der Waals surface area contributed by atoms with Crippen molar-refractivity contribution in [2.75, 3.05) is 18.2 Å². The summed E-state index contributed by atoms with van der Waals surface area (Å²) < 4.78 is 7.10. The summed E-state index contributed by atoms with van der Waals surface area (Å²) in [6.45, 7) is 8.53. The fourth-order valence-electron chi connectivity index (χ4n) is 4.17. The Morgan fingerprint density at radius 1 is 1.35 bits per heavy atom. The zero-order valence-electron chi connectivity index (χ0n) is 20.1. The Balaban J connectivity index is 1.50. The third-order valence-electron chi connectivity index (χ3n) is 5.93. The van der Waals surface area contributed by atoms with E-state index in [2.05, 4.69) is 59.2 Å². The van der Waals surface area contributed by atoms with Gasteiger partial charge in [-0.1, -0.05) is 25.6 Å². The number of thiophene rings is 2. The van der Waals surface area contributed by atoms with Gasteiger partial charge in [-0.05, 0) is 57.1 Å². The highest BCUT2D eigenvalue weighted by molar-refractivity contribution is 7.99. The van der Waals surface area contributed by atoms with Crippen molar-refractivity contribution in [2.24, 2.45) is 5.92 Å². The van der Waals surface area contributed by atoms with Crippen LogP contribution >= 0.6 is 34.4 Å². The third kappa shape index (κ3) is 5.08. The first-order valence-electron chi connectivity index (χ1n) is 11.5. The average molecular weight is 519 g/mol. The molecular weight excluding hydrogens is 488 g/mol. The van der Waals surface area contributed by atoms with E-state index in [-0.39, 0.29) is 23.7 Å². The van der Waals surface area contributed by atoms with Crippen LogP contribution in [0.15, 0.2) is 16.6 Å². The lowest BCUT2D eigenvalue weighted by Crippen LogP contribution is -2.17. The second-order valence-corrected chi connectivity index (χ2v) is 11.9. The molecule has 10 heteroatoms. The molecule has 0 aromatic carbocycles. The van der Waals surface area contributed by atoms with Crippen LogP contribution in [-0.4, -0.2) is 39.5 Å². The standard InChI is InChI=1S/C24H30N4O3S3/c1-6-16-10-15(11-32-16)21-26-27-24(28(21)13(2)3)33-12-19(29)25-22-20(23(30)31-5)17-8-7-14(4)9-18(17)34-22/h10-11,13-14H,6-9,12H2,1-5H3,(H,25,29). The monoisotopic (exact) mass is 518 g/mol. The van der Waals surface area contributed by atoms with Crippen LogP contribution in [-0.2, 0) is 28.8 Å². The molecule has 7 nitrogen and oxygen atoms in total. The van der Waals surface area contributed by atoms with Gasteiger partial charge < -0.3 is 10.1 Å². The molecule has 1 amide bonds. The predicted octanol–water partition coefficient (Wildman–Crippen LogP) is 5.85. The van der Waals surface area contributed by atoms with Crippen LogP contribution in [0.5, 0.6) is 0 Å². The van der Waals surface area contributed by atoms with E-state index in [4.69, 9.17) is 4.74 Å². The van der Waals surface area contributed by atoms with Gasteiger partial charge in [-0.15, -0.1) is 32.9 Å². The predicted molar refractivity (Wildman–Crippen MR) is 139 cm³/mol. The topological polar surface area (TPSA) is 86.1 Å². The van der Waals surface area contributed by atoms with E-state index in [1.165, 1.54) is 40.0 Å². The summed E-state index contributed by atoms with van der Waals surface area (Å²) >= 11 is 4.58. The summed E-state index contributed by atoms with van der Waals surface area (Å²) in [7, 11) is 1.38. The number of rotatable bonds is 8. The highest BCUT2D eigenvalue weighted by atomic mass is 32.2. The Kier molecular flexibility index (Phi) is 7.79. The Labute approximate surface area is 212 Å². The number of thioether (sulfide) groups is 1. The van der Waals surface area contributed by atoms with E-state index in [0.29, 0.717) is 21.6 Å². The first-order valence-corrected chi connectivity index (χ1v) is 14.2. The molecule has 3 heterocycles. The van der Waals surface area contributed by atoms with Crippen LogP contribution in [0, 0.1) is 5.92 Å². The van der Waals surface area contributed by atoms with E-state index in [9.17, 15) is 9.59 Å². The van der Waals surface area contributed by atoms with Gasteiger partial charge in [0.05, 0.1) is 18.4 Å². The van der Waals surface area contributed by atoms with Gasteiger partial charge in [0.15, 0.2) is 11.0 Å². The van der Waals surface area contributed by atoms with Crippen LogP contribution < -0.4 is 5.32 Å². The van der Waals surface area contributed by atoms with Crippen LogP contribution in [0.25, 0.3) is 11.4 Å². The highest BCUT2D eigenvalue weighted by Crippen LogP contribution is 2.40. The number of amides is 1. The summed E-state index contributed by atoms with van der Waals surface area (Å²) in [5, 5.41) is 15.2. The van der Waals surface area contributed by atoms with E-state index < -0.39 is 0 Å². The average Bonchev–Trinajstić information content (AvgIpc) is 3.52. The summed E-state index contributed by atoms with van der Waals surface area (Å²) in [4.78, 5) is 27.9. The molecule has 0 radical (unpaired) electrons. The fraction of sp³-hybridized carbons (Fsp3) is 0.500. The maximum atomic E-state index is 12.9. The van der Waals surface area contributed by atoms with Crippen molar-refractivity contribution in [1.82, 2.24) is 14.8 Å². The minimum absolute atomic E-state index is 0.150. The highest BCUT2D eigenvalue weighted by Gasteiger charge is 2.29. The number of methoxy groups -OCH3 is 1. The van der Waals surface area contributed by atoms with Crippen molar-refractivity contribution in [3.8, 4) is 11.4 Å². The molecule has 1 atom stereocenters. The molecule has 0 saturated heterocycles. The molecule has 3 aromatic rings. The van der Waals surface area contributed by atoms with Gasteiger partial charge in [0.25, 0.3) is 0 Å². The number of nitrogens with one attached hydrogen (secondary N) is 1. The lowest BCUT2D eigenvalue weighted by atomic mass is 9.88. The molecule has 3 aromatic heterocycles. The number of nitrogens with zero attached hydrogens (tertiary/aromatic N) is 3. The zero-order chi connectivity index (χ0) is 24.4. The van der Waals surface area contributed by atoms with Crippen LogP contribution in [0.4, 0.5) is 5.00 Å². The van der Waals surface area contributed by atoms with E-state index in [1.807, 2.05) is 0 Å². The lowest BCUT2D eigenvalue weighted by Gasteiger charge is -2.18. The number of aromatic nitrogens is 3. The Morgan fingerprint density at radius 3 is 2.82 bits per heavy atom. The lowest BCUT2D eigenvalue weighted by molar-refractivity contribution is -0.113. The quantitative estimate of drug-likeness (QED) is 0.297. The number of anilines is 1. The maximum Gasteiger partial charge on any atom is 0.341 e. The third-order valence-corrected chi connectivity index (χ3v) is 9.12. The Hall–Kier alpha value is -2.17. The largest absolute Gasteiger partial charge is 0.465 e. The van der Waals surface area contributed by atoms with Crippen molar-refractivity contribution in [3.63, 3.8) is 0 Å². The Bertz CT molecular complexity index is 1190. The number of carbonyl (C=O) groups excluding carboxylic acids is 2. The van der Waals surface area contributed by atoms with Gasteiger partial charge in [-0.25, -0.2) is 4.79 Å². The van der Waals surface area contributed by atoms with Crippen molar-refractivity contribution >= 4 is 51.3 Å². The normalized spacial score (nSPS) is 15.4. The molecular formula is C24H30N4O3S3. The molecule has 1 aliphatic carbocycles. The summed E-state index contributed by atoms with van der Waals surface area (Å²) in [5.41, 5.74) is 2.61. The molecule has 4 rings (SSSR count). The minimum Gasteiger partial charge on any atom is -0.465 e. The van der Waals surface area contributed by atoms with Crippen LogP contribution in [0.2, 0.25) is 0 Å².